The summed E-state index contributed by atoms with van der Waals surface area (Å²) in [6.45, 7) is 6.08. The van der Waals surface area contributed by atoms with Crippen molar-refractivity contribution in [1.29, 1.82) is 0 Å². The number of hydroxylamine groups is 1. The van der Waals surface area contributed by atoms with Gasteiger partial charge in [-0.15, -0.1) is 0 Å². The molecule has 6 heteroatoms. The van der Waals surface area contributed by atoms with Crippen molar-refractivity contribution in [2.24, 2.45) is 0 Å². The van der Waals surface area contributed by atoms with Crippen LogP contribution in [-0.2, 0) is 14.4 Å². The van der Waals surface area contributed by atoms with Crippen LogP contribution >= 0.6 is 0 Å². The minimum atomic E-state index is -0.557. The summed E-state index contributed by atoms with van der Waals surface area (Å²) in [7, 11) is 3.14. The molecule has 1 N–H and O–H groups in total. The smallest absolute Gasteiger partial charge is 0.414 e. The molecule has 1 fully saturated rings. The highest BCUT2D eigenvalue weighted by Crippen LogP contribution is 2.27. The lowest BCUT2D eigenvalue weighted by molar-refractivity contribution is -0.860. The molecule has 0 radical (unpaired) electrons. The van der Waals surface area contributed by atoms with Crippen molar-refractivity contribution in [1.82, 2.24) is 5.48 Å². The number of hydrogen-bond donors (Lipinski definition) is 1. The van der Waals surface area contributed by atoms with E-state index in [1.165, 1.54) is 7.11 Å². The average Bonchev–Trinajstić information content (AvgIpc) is 2.27. The number of hydrogen-bond acceptors (Lipinski definition) is 4. The summed E-state index contributed by atoms with van der Waals surface area (Å²) in [5, 5.41) is 0. The lowest BCUT2D eigenvalue weighted by atomic mass is 9.99. The fraction of sp³-hybridized carbons (Fsp3) is 0.846. The Balaban J connectivity index is 2.89. The molecule has 1 aliphatic rings. The average molecular weight is 273 g/mol. The normalized spacial score (nSPS) is 27.7. The van der Waals surface area contributed by atoms with Gasteiger partial charge < -0.3 is 4.74 Å². The largest absolute Gasteiger partial charge is 0.516 e. The maximum atomic E-state index is 12.4. The number of quaternary nitrogens is 1. The van der Waals surface area contributed by atoms with Gasteiger partial charge in [-0.1, -0.05) is 0 Å². The summed E-state index contributed by atoms with van der Waals surface area (Å²) in [5.41, 5.74) is 1.77. The van der Waals surface area contributed by atoms with Crippen LogP contribution in [0.2, 0.25) is 0 Å². The van der Waals surface area contributed by atoms with E-state index in [1.54, 1.807) is 7.05 Å². The number of piperidine rings is 1. The molecule has 1 saturated heterocycles. The minimum Gasteiger partial charge on any atom is -0.414 e. The van der Waals surface area contributed by atoms with Gasteiger partial charge in [0.2, 0.25) is 0 Å². The van der Waals surface area contributed by atoms with Gasteiger partial charge >= 0.3 is 12.0 Å². The second kappa shape index (κ2) is 5.88. The Labute approximate surface area is 114 Å². The maximum Gasteiger partial charge on any atom is 0.516 e. The Bertz CT molecular complexity index is 351. The van der Waals surface area contributed by atoms with Crippen molar-refractivity contribution in [3.05, 3.63) is 0 Å². The highest BCUT2D eigenvalue weighted by molar-refractivity contribution is 5.81. The van der Waals surface area contributed by atoms with Crippen molar-refractivity contribution < 1.29 is 23.6 Å². The van der Waals surface area contributed by atoms with E-state index in [0.717, 1.165) is 12.8 Å². The van der Waals surface area contributed by atoms with Crippen LogP contribution in [0.3, 0.4) is 0 Å². The summed E-state index contributed by atoms with van der Waals surface area (Å²) in [5.74, 6) is -0.268. The van der Waals surface area contributed by atoms with E-state index in [9.17, 15) is 9.59 Å². The van der Waals surface area contributed by atoms with E-state index >= 15 is 0 Å². The molecule has 6 nitrogen and oxygen atoms in total. The molecule has 1 unspecified atom stereocenters. The number of nitrogens with zero attached hydrogens (tertiary/aromatic N) is 1. The van der Waals surface area contributed by atoms with Crippen molar-refractivity contribution in [3.8, 4) is 0 Å². The second-order valence-corrected chi connectivity index (χ2v) is 6.15. The Morgan fingerprint density at radius 3 is 2.42 bits per heavy atom. The predicted octanol–water partition coefficient (Wildman–Crippen LogP) is 1.60. The zero-order chi connectivity index (χ0) is 14.7. The predicted molar refractivity (Wildman–Crippen MR) is 70.1 cm³/mol. The number of carbonyl (C=O) groups is 2. The molecule has 0 aromatic heterocycles. The van der Waals surface area contributed by atoms with Crippen LogP contribution in [-0.4, -0.2) is 48.8 Å². The highest BCUT2D eigenvalue weighted by atomic mass is 16.6. The third kappa shape index (κ3) is 3.91. The third-order valence-electron chi connectivity index (χ3n) is 3.35. The van der Waals surface area contributed by atoms with Crippen LogP contribution in [0.15, 0.2) is 0 Å². The molecule has 19 heavy (non-hydrogen) atoms. The van der Waals surface area contributed by atoms with Gasteiger partial charge in [0.1, 0.15) is 5.60 Å². The van der Waals surface area contributed by atoms with Crippen LogP contribution in [0, 0.1) is 0 Å². The maximum absolute atomic E-state index is 12.4. The molecule has 110 valence electrons. The first-order valence-electron chi connectivity index (χ1n) is 6.62. The number of amides is 2. The Kier molecular flexibility index (Phi) is 4.92. The Morgan fingerprint density at radius 2 is 1.89 bits per heavy atom. The molecule has 1 aliphatic heterocycles. The van der Waals surface area contributed by atoms with E-state index in [-0.39, 0.29) is 16.5 Å². The van der Waals surface area contributed by atoms with Crippen LogP contribution < -0.4 is 5.48 Å². The lowest BCUT2D eigenvalue weighted by Crippen LogP contribution is -2.64. The topological polar surface area (TPSA) is 64.6 Å². The summed E-state index contributed by atoms with van der Waals surface area (Å²) in [4.78, 5) is 29.1. The number of rotatable bonds is 2. The van der Waals surface area contributed by atoms with Gasteiger partial charge in [-0.3, -0.25) is 9.63 Å². The Hall–Kier alpha value is -1.14. The molecule has 1 heterocycles. The molecule has 0 aliphatic carbocycles. The molecule has 1 rings (SSSR count). The molecule has 2 atom stereocenters. The van der Waals surface area contributed by atoms with Gasteiger partial charge in [0, 0.05) is 6.42 Å². The molecule has 0 aromatic rings. The quantitative estimate of drug-likeness (QED) is 0.613. The summed E-state index contributed by atoms with van der Waals surface area (Å²) < 4.78 is 5.43. The first-order chi connectivity index (χ1) is 8.70. The van der Waals surface area contributed by atoms with E-state index in [0.29, 0.717) is 13.0 Å². The fourth-order valence-corrected chi connectivity index (χ4v) is 2.36. The number of likely N-dealkylation sites (tertiary alicyclic amines) is 1. The summed E-state index contributed by atoms with van der Waals surface area (Å²) in [6, 6.07) is -0.455. The molecule has 0 aromatic carbocycles. The van der Waals surface area contributed by atoms with E-state index in [4.69, 9.17) is 4.74 Å². The van der Waals surface area contributed by atoms with E-state index in [1.807, 2.05) is 20.8 Å². The van der Waals surface area contributed by atoms with Crippen molar-refractivity contribution in [3.63, 3.8) is 0 Å². The van der Waals surface area contributed by atoms with Gasteiger partial charge in [0.05, 0.1) is 20.7 Å². The molecule has 0 bridgehead atoms. The highest BCUT2D eigenvalue weighted by Gasteiger charge is 2.49. The van der Waals surface area contributed by atoms with Crippen LogP contribution in [0.1, 0.15) is 40.0 Å². The SMILES string of the molecule is CONC(=O)[C@@H]1CCCC[N+]1(C)C(=O)OC(C)(C)C. The van der Waals surface area contributed by atoms with E-state index in [2.05, 4.69) is 10.3 Å². The van der Waals surface area contributed by atoms with Crippen molar-refractivity contribution in [2.75, 3.05) is 20.7 Å². The standard InChI is InChI=1S/C13H24N2O4/c1-13(2,3)19-12(17)15(4)9-7-6-8-10(15)11(16)14-18-5/h10H,6-9H2,1-5H3/p+1/t10-,15?/m0/s1. The summed E-state index contributed by atoms with van der Waals surface area (Å²) in [6.07, 6.45) is 2.14. The van der Waals surface area contributed by atoms with Gasteiger partial charge in [-0.05, 0) is 33.6 Å². The number of ether oxygens (including phenoxy) is 1. The molecule has 0 saturated carbocycles. The van der Waals surface area contributed by atoms with Gasteiger partial charge in [0.25, 0.3) is 0 Å². The first-order valence-corrected chi connectivity index (χ1v) is 6.62. The van der Waals surface area contributed by atoms with Gasteiger partial charge in [-0.25, -0.2) is 9.96 Å². The number of carbonyl (C=O) groups excluding carboxylic acids is 2. The van der Waals surface area contributed by atoms with Crippen molar-refractivity contribution >= 4 is 12.0 Å². The zero-order valence-electron chi connectivity index (χ0n) is 12.5. The Morgan fingerprint density at radius 1 is 1.26 bits per heavy atom. The third-order valence-corrected chi connectivity index (χ3v) is 3.35. The second-order valence-electron chi connectivity index (χ2n) is 6.15. The minimum absolute atomic E-state index is 0.0214. The lowest BCUT2D eigenvalue weighted by Gasteiger charge is -2.40. The van der Waals surface area contributed by atoms with E-state index < -0.39 is 11.6 Å². The first kappa shape index (κ1) is 15.9. The molecule has 2 amide bonds. The summed E-state index contributed by atoms with van der Waals surface area (Å²) >= 11 is 0. The molecular weight excluding hydrogens is 248 g/mol. The molecule has 0 spiro atoms. The molecular formula is C13H25N2O4+. The van der Waals surface area contributed by atoms with Crippen LogP contribution in [0.25, 0.3) is 0 Å². The van der Waals surface area contributed by atoms with Crippen LogP contribution in [0.4, 0.5) is 4.79 Å². The van der Waals surface area contributed by atoms with Crippen LogP contribution in [0.5, 0.6) is 0 Å². The van der Waals surface area contributed by atoms with Crippen molar-refractivity contribution in [2.45, 2.75) is 51.7 Å². The zero-order valence-corrected chi connectivity index (χ0v) is 12.5. The fourth-order valence-electron chi connectivity index (χ4n) is 2.36. The van der Waals surface area contributed by atoms with Gasteiger partial charge in [0.15, 0.2) is 6.04 Å². The number of likely N-dealkylation sites (N-methyl/N-ethyl adjacent to an activating group) is 1. The monoisotopic (exact) mass is 273 g/mol. The van der Waals surface area contributed by atoms with Gasteiger partial charge in [-0.2, -0.15) is 4.79 Å². The number of nitrogens with one attached hydrogen (secondary N) is 1.